The number of benzene rings is 1. The van der Waals surface area contributed by atoms with Crippen molar-refractivity contribution in [3.8, 4) is 5.75 Å². The Kier molecular flexibility index (Phi) is 4.43. The van der Waals surface area contributed by atoms with Gasteiger partial charge in [0.1, 0.15) is 5.75 Å². The summed E-state index contributed by atoms with van der Waals surface area (Å²) < 4.78 is 29.7. The Balaban J connectivity index is 3.17. The van der Waals surface area contributed by atoms with Gasteiger partial charge in [-0.25, -0.2) is 0 Å². The number of anilines is 1. The van der Waals surface area contributed by atoms with Crippen LogP contribution in [0.15, 0.2) is 18.2 Å². The normalized spacial score (nSPS) is 12.7. The maximum Gasteiger partial charge on any atom is 0.387 e. The monoisotopic (exact) mass is 271 g/mol. The average molecular weight is 271 g/mol. The summed E-state index contributed by atoms with van der Waals surface area (Å²) in [5.41, 5.74) is 1.22. The predicted octanol–water partition coefficient (Wildman–Crippen LogP) is 4.80. The molecule has 1 N–H and O–H groups in total. The summed E-state index contributed by atoms with van der Waals surface area (Å²) in [4.78, 5) is 0. The van der Waals surface area contributed by atoms with E-state index in [0.717, 1.165) is 5.56 Å². The molecule has 0 bridgehead atoms. The van der Waals surface area contributed by atoms with Gasteiger partial charge in [0.25, 0.3) is 0 Å². The Labute approximate surface area is 114 Å². The standard InChI is InChI=1S/C15H23F2NO/c1-14(2,3)10-7-8-11(18-15(4,5)6)12(9-10)19-13(16)17/h7-9,13,18H,1-6H3. The zero-order valence-electron chi connectivity index (χ0n) is 12.5. The van der Waals surface area contributed by atoms with E-state index in [1.807, 2.05) is 47.6 Å². The highest BCUT2D eigenvalue weighted by atomic mass is 19.3. The van der Waals surface area contributed by atoms with Crippen LogP contribution in [-0.2, 0) is 5.41 Å². The van der Waals surface area contributed by atoms with Crippen LogP contribution in [0.5, 0.6) is 5.75 Å². The summed E-state index contributed by atoms with van der Waals surface area (Å²) in [5, 5.41) is 3.18. The van der Waals surface area contributed by atoms with Gasteiger partial charge in [-0.05, 0) is 43.9 Å². The van der Waals surface area contributed by atoms with E-state index in [1.165, 1.54) is 0 Å². The SMILES string of the molecule is CC(C)(C)Nc1ccc(C(C)(C)C)cc1OC(F)F. The van der Waals surface area contributed by atoms with Gasteiger partial charge in [0.15, 0.2) is 0 Å². The van der Waals surface area contributed by atoms with Crippen molar-refractivity contribution in [1.29, 1.82) is 0 Å². The number of hydrogen-bond donors (Lipinski definition) is 1. The van der Waals surface area contributed by atoms with Gasteiger partial charge in [-0.2, -0.15) is 8.78 Å². The minimum atomic E-state index is -2.82. The van der Waals surface area contributed by atoms with E-state index in [1.54, 1.807) is 12.1 Å². The summed E-state index contributed by atoms with van der Waals surface area (Å²) in [6.07, 6.45) is 0. The molecule has 4 heteroatoms. The fourth-order valence-electron chi connectivity index (χ4n) is 1.69. The average Bonchev–Trinajstić information content (AvgIpc) is 2.15. The molecule has 1 rings (SSSR count). The van der Waals surface area contributed by atoms with Crippen LogP contribution in [0.2, 0.25) is 0 Å². The van der Waals surface area contributed by atoms with Crippen molar-refractivity contribution < 1.29 is 13.5 Å². The van der Waals surface area contributed by atoms with Crippen molar-refractivity contribution in [1.82, 2.24) is 0 Å². The van der Waals surface area contributed by atoms with Gasteiger partial charge in [-0.1, -0.05) is 26.8 Å². The van der Waals surface area contributed by atoms with E-state index < -0.39 is 6.61 Å². The lowest BCUT2D eigenvalue weighted by molar-refractivity contribution is -0.0495. The summed E-state index contributed by atoms with van der Waals surface area (Å²) in [6, 6.07) is 5.41. The molecule has 0 heterocycles. The first kappa shape index (κ1) is 15.7. The third-order valence-corrected chi connectivity index (χ3v) is 2.57. The van der Waals surface area contributed by atoms with Gasteiger partial charge in [-0.3, -0.25) is 0 Å². The highest BCUT2D eigenvalue weighted by molar-refractivity contribution is 5.59. The highest BCUT2D eigenvalue weighted by Gasteiger charge is 2.20. The lowest BCUT2D eigenvalue weighted by atomic mass is 9.87. The number of halogens is 2. The molecule has 2 nitrogen and oxygen atoms in total. The van der Waals surface area contributed by atoms with Gasteiger partial charge in [0.05, 0.1) is 5.69 Å². The summed E-state index contributed by atoms with van der Waals surface area (Å²) in [7, 11) is 0. The van der Waals surface area contributed by atoms with Gasteiger partial charge < -0.3 is 10.1 Å². The summed E-state index contributed by atoms with van der Waals surface area (Å²) >= 11 is 0. The molecule has 0 radical (unpaired) electrons. The zero-order chi connectivity index (χ0) is 14.8. The molecule has 0 aromatic heterocycles. The van der Waals surface area contributed by atoms with Crippen LogP contribution in [0.3, 0.4) is 0 Å². The Bertz CT molecular complexity index is 431. The molecule has 19 heavy (non-hydrogen) atoms. The molecule has 0 atom stereocenters. The fourth-order valence-corrected chi connectivity index (χ4v) is 1.69. The molecule has 1 aromatic carbocycles. The Hall–Kier alpha value is -1.32. The second kappa shape index (κ2) is 5.35. The molecular weight excluding hydrogens is 248 g/mol. The molecule has 0 saturated carbocycles. The van der Waals surface area contributed by atoms with E-state index in [0.29, 0.717) is 5.69 Å². The van der Waals surface area contributed by atoms with Gasteiger partial charge >= 0.3 is 6.61 Å². The van der Waals surface area contributed by atoms with Crippen molar-refractivity contribution in [2.24, 2.45) is 0 Å². The molecule has 0 unspecified atom stereocenters. The van der Waals surface area contributed by atoms with E-state index in [9.17, 15) is 8.78 Å². The molecule has 0 aliphatic heterocycles. The van der Waals surface area contributed by atoms with Crippen molar-refractivity contribution >= 4 is 5.69 Å². The van der Waals surface area contributed by atoms with E-state index in [-0.39, 0.29) is 16.7 Å². The second-order valence-electron chi connectivity index (χ2n) is 6.71. The molecule has 108 valence electrons. The van der Waals surface area contributed by atoms with E-state index in [2.05, 4.69) is 10.1 Å². The number of nitrogens with one attached hydrogen (secondary N) is 1. The van der Waals surface area contributed by atoms with E-state index >= 15 is 0 Å². The number of alkyl halides is 2. The number of ether oxygens (including phenoxy) is 1. The van der Waals surface area contributed by atoms with Crippen LogP contribution in [0.4, 0.5) is 14.5 Å². The van der Waals surface area contributed by atoms with Crippen molar-refractivity contribution in [3.63, 3.8) is 0 Å². The largest absolute Gasteiger partial charge is 0.433 e. The lowest BCUT2D eigenvalue weighted by Gasteiger charge is -2.26. The maximum atomic E-state index is 12.5. The summed E-state index contributed by atoms with van der Waals surface area (Å²) in [6.45, 7) is 9.18. The lowest BCUT2D eigenvalue weighted by Crippen LogP contribution is -2.26. The third kappa shape index (κ3) is 5.05. The van der Waals surface area contributed by atoms with Crippen molar-refractivity contribution in [2.45, 2.75) is 59.1 Å². The van der Waals surface area contributed by atoms with E-state index in [4.69, 9.17) is 0 Å². The zero-order valence-corrected chi connectivity index (χ0v) is 12.5. The van der Waals surface area contributed by atoms with Crippen molar-refractivity contribution in [2.75, 3.05) is 5.32 Å². The first-order chi connectivity index (χ1) is 8.49. The van der Waals surface area contributed by atoms with Gasteiger partial charge in [-0.15, -0.1) is 0 Å². The molecule has 0 saturated heterocycles. The molecule has 0 aliphatic rings. The second-order valence-corrected chi connectivity index (χ2v) is 6.71. The number of hydrogen-bond acceptors (Lipinski definition) is 2. The van der Waals surface area contributed by atoms with Gasteiger partial charge in [0.2, 0.25) is 0 Å². The molecule has 0 fully saturated rings. The summed E-state index contributed by atoms with van der Waals surface area (Å²) in [5.74, 6) is 0.192. The van der Waals surface area contributed by atoms with Crippen LogP contribution < -0.4 is 10.1 Å². The number of rotatable bonds is 3. The molecule has 1 aromatic rings. The Morgan fingerprint density at radius 3 is 2.05 bits per heavy atom. The fraction of sp³-hybridized carbons (Fsp3) is 0.600. The van der Waals surface area contributed by atoms with Crippen LogP contribution in [0.25, 0.3) is 0 Å². The van der Waals surface area contributed by atoms with Crippen LogP contribution in [0.1, 0.15) is 47.1 Å². The first-order valence-corrected chi connectivity index (χ1v) is 6.36. The molecule has 0 amide bonds. The molecule has 0 aliphatic carbocycles. The Morgan fingerprint density at radius 1 is 1.05 bits per heavy atom. The quantitative estimate of drug-likeness (QED) is 0.853. The van der Waals surface area contributed by atoms with Gasteiger partial charge in [0, 0.05) is 5.54 Å². The predicted molar refractivity (Wildman–Crippen MR) is 75.1 cm³/mol. The topological polar surface area (TPSA) is 21.3 Å². The first-order valence-electron chi connectivity index (χ1n) is 6.36. The smallest absolute Gasteiger partial charge is 0.387 e. The third-order valence-electron chi connectivity index (χ3n) is 2.57. The van der Waals surface area contributed by atoms with Crippen molar-refractivity contribution in [3.05, 3.63) is 23.8 Å². The van der Waals surface area contributed by atoms with Crippen LogP contribution in [-0.4, -0.2) is 12.2 Å². The van der Waals surface area contributed by atoms with Crippen LogP contribution >= 0.6 is 0 Å². The molecule has 0 spiro atoms. The van der Waals surface area contributed by atoms with Crippen LogP contribution in [0, 0.1) is 0 Å². The molecular formula is C15H23F2NO. The maximum absolute atomic E-state index is 12.5. The Morgan fingerprint density at radius 2 is 1.63 bits per heavy atom. The minimum Gasteiger partial charge on any atom is -0.433 e. The minimum absolute atomic E-state index is 0.111. The highest BCUT2D eigenvalue weighted by Crippen LogP contribution is 2.34.